The van der Waals surface area contributed by atoms with Crippen LogP contribution >= 0.6 is 0 Å². The van der Waals surface area contributed by atoms with Gasteiger partial charge in [-0.25, -0.2) is 19.3 Å². The second kappa shape index (κ2) is 7.30. The number of carbonyl (C=O) groups excluding carboxylic acids is 1. The van der Waals surface area contributed by atoms with Gasteiger partial charge in [0.15, 0.2) is 5.82 Å². The molecule has 0 atom stereocenters. The van der Waals surface area contributed by atoms with E-state index in [1.54, 1.807) is 12.4 Å². The van der Waals surface area contributed by atoms with Crippen LogP contribution < -0.4 is 10.2 Å². The highest BCUT2D eigenvalue weighted by Crippen LogP contribution is 2.20. The highest BCUT2D eigenvalue weighted by Gasteiger charge is 2.24. The lowest BCUT2D eigenvalue weighted by atomic mass is 10.0. The van der Waals surface area contributed by atoms with Crippen molar-refractivity contribution in [3.63, 3.8) is 0 Å². The maximum atomic E-state index is 14.5. The first-order chi connectivity index (χ1) is 13.2. The molecule has 0 radical (unpaired) electrons. The molecule has 1 saturated heterocycles. The number of aromatic nitrogens is 4. The summed E-state index contributed by atoms with van der Waals surface area (Å²) < 4.78 is 14.5. The largest absolute Gasteiger partial charge is 0.356 e. The van der Waals surface area contributed by atoms with Crippen LogP contribution in [0.3, 0.4) is 0 Å². The van der Waals surface area contributed by atoms with Crippen LogP contribution in [0.25, 0.3) is 11.0 Å². The fourth-order valence-corrected chi connectivity index (χ4v) is 3.42. The number of fused-ring (bicyclic) bond motifs is 1. The molecule has 1 amide bonds. The molecule has 7 nitrogen and oxygen atoms in total. The van der Waals surface area contributed by atoms with Gasteiger partial charge < -0.3 is 15.2 Å². The van der Waals surface area contributed by atoms with Gasteiger partial charge in [-0.3, -0.25) is 4.79 Å². The van der Waals surface area contributed by atoms with Crippen molar-refractivity contribution in [1.82, 2.24) is 25.3 Å². The number of hydrogen-bond acceptors (Lipinski definition) is 5. The highest BCUT2D eigenvalue weighted by molar-refractivity contribution is 5.98. The van der Waals surface area contributed by atoms with Crippen LogP contribution in [0.15, 0.2) is 30.9 Å². The van der Waals surface area contributed by atoms with Gasteiger partial charge in [0.2, 0.25) is 0 Å². The number of anilines is 1. The number of benzene rings is 1. The van der Waals surface area contributed by atoms with Crippen molar-refractivity contribution in [3.05, 3.63) is 47.9 Å². The van der Waals surface area contributed by atoms with Crippen LogP contribution in [0.5, 0.6) is 0 Å². The zero-order valence-electron chi connectivity index (χ0n) is 15.1. The first-order valence-corrected chi connectivity index (χ1v) is 9.14. The van der Waals surface area contributed by atoms with Crippen molar-refractivity contribution in [2.45, 2.75) is 32.2 Å². The van der Waals surface area contributed by atoms with Crippen LogP contribution in [0.1, 0.15) is 35.8 Å². The van der Waals surface area contributed by atoms with E-state index >= 15 is 0 Å². The number of aromatic amines is 1. The van der Waals surface area contributed by atoms with E-state index in [0.717, 1.165) is 43.9 Å². The Bertz CT molecular complexity index is 964. The number of carbonyl (C=O) groups is 1. The summed E-state index contributed by atoms with van der Waals surface area (Å²) in [5.74, 6) is -0.0652. The molecular formula is C19H21FN6O. The number of nitrogens with zero attached hydrogens (tertiary/aromatic N) is 4. The molecular weight excluding hydrogens is 347 g/mol. The van der Waals surface area contributed by atoms with Crippen LogP contribution in [0, 0.1) is 5.82 Å². The lowest BCUT2D eigenvalue weighted by Gasteiger charge is -2.33. The van der Waals surface area contributed by atoms with E-state index in [1.165, 1.54) is 12.4 Å². The molecule has 1 aliphatic heterocycles. The third kappa shape index (κ3) is 3.47. The van der Waals surface area contributed by atoms with Gasteiger partial charge in [0, 0.05) is 30.9 Å². The maximum absolute atomic E-state index is 14.5. The molecule has 2 aromatic heterocycles. The number of halogens is 1. The molecule has 0 saturated carbocycles. The number of imidazole rings is 1. The van der Waals surface area contributed by atoms with E-state index in [1.807, 2.05) is 6.07 Å². The highest BCUT2D eigenvalue weighted by atomic mass is 19.1. The van der Waals surface area contributed by atoms with E-state index in [2.05, 4.69) is 37.1 Å². The van der Waals surface area contributed by atoms with Crippen molar-refractivity contribution in [2.75, 3.05) is 18.0 Å². The maximum Gasteiger partial charge on any atom is 0.254 e. The molecule has 4 rings (SSSR count). The topological polar surface area (TPSA) is 86.8 Å². The van der Waals surface area contributed by atoms with Crippen molar-refractivity contribution in [1.29, 1.82) is 0 Å². The Morgan fingerprint density at radius 2 is 2.11 bits per heavy atom. The Morgan fingerprint density at radius 1 is 1.30 bits per heavy atom. The van der Waals surface area contributed by atoms with Gasteiger partial charge in [0.05, 0.1) is 17.4 Å². The summed E-state index contributed by atoms with van der Waals surface area (Å²) in [6.07, 6.45) is 5.44. The molecule has 3 aromatic rings. The number of amides is 1. The van der Waals surface area contributed by atoms with Crippen molar-refractivity contribution in [3.8, 4) is 0 Å². The van der Waals surface area contributed by atoms with Crippen molar-refractivity contribution in [2.24, 2.45) is 0 Å². The Morgan fingerprint density at radius 3 is 2.89 bits per heavy atom. The second-order valence-corrected chi connectivity index (χ2v) is 6.68. The minimum Gasteiger partial charge on any atom is -0.356 e. The minimum absolute atomic E-state index is 0.00973. The number of rotatable bonds is 4. The number of hydrogen-bond donors (Lipinski definition) is 2. The van der Waals surface area contributed by atoms with Gasteiger partial charge in [-0.2, -0.15) is 0 Å². The van der Waals surface area contributed by atoms with Gasteiger partial charge in [0.25, 0.3) is 5.91 Å². The Hall–Kier alpha value is -3.03. The fourth-order valence-electron chi connectivity index (χ4n) is 3.42. The van der Waals surface area contributed by atoms with Crippen LogP contribution in [-0.4, -0.2) is 45.0 Å². The summed E-state index contributed by atoms with van der Waals surface area (Å²) in [5, 5.41) is 2.95. The molecule has 140 valence electrons. The molecule has 0 aliphatic carbocycles. The molecule has 0 spiro atoms. The second-order valence-electron chi connectivity index (χ2n) is 6.68. The number of aryl methyl sites for hydroxylation is 1. The quantitative estimate of drug-likeness (QED) is 0.739. The monoisotopic (exact) mass is 368 g/mol. The summed E-state index contributed by atoms with van der Waals surface area (Å²) in [7, 11) is 0. The summed E-state index contributed by atoms with van der Waals surface area (Å²) >= 11 is 0. The first-order valence-electron chi connectivity index (χ1n) is 9.14. The van der Waals surface area contributed by atoms with E-state index in [4.69, 9.17) is 0 Å². The third-order valence-electron chi connectivity index (χ3n) is 5.00. The zero-order valence-corrected chi connectivity index (χ0v) is 15.1. The molecule has 1 aliphatic rings. The lowest BCUT2D eigenvalue weighted by Crippen LogP contribution is -2.45. The lowest BCUT2D eigenvalue weighted by molar-refractivity contribution is 0.0927. The molecule has 0 unspecified atom stereocenters. The number of nitrogens with one attached hydrogen (secondary N) is 2. The SMILES string of the molecule is CCc1cc(N2CCC(NC(=O)c3ccc4[nH]cnc4c3F)CC2)ncn1. The predicted molar refractivity (Wildman–Crippen MR) is 100 cm³/mol. The van der Waals surface area contributed by atoms with Crippen LogP contribution in [0.2, 0.25) is 0 Å². The molecule has 1 aromatic carbocycles. The van der Waals surface area contributed by atoms with Gasteiger partial charge >= 0.3 is 0 Å². The fraction of sp³-hybridized carbons (Fsp3) is 0.368. The molecule has 1 fully saturated rings. The summed E-state index contributed by atoms with van der Waals surface area (Å²) in [6, 6.07) is 5.18. The Balaban J connectivity index is 1.39. The zero-order chi connectivity index (χ0) is 18.8. The summed E-state index contributed by atoms with van der Waals surface area (Å²) in [5.41, 5.74) is 1.81. The van der Waals surface area contributed by atoms with Gasteiger partial charge in [-0.05, 0) is 31.4 Å². The standard InChI is InChI=1S/C19H21FN6O/c1-2-12-9-16(23-10-21-12)26-7-5-13(6-8-26)25-19(27)14-3-4-15-18(17(14)20)24-11-22-15/h3-4,9-11,13H,2,5-8H2,1H3,(H,22,24)(H,25,27). The van der Waals surface area contributed by atoms with Crippen molar-refractivity contribution < 1.29 is 9.18 Å². The van der Waals surface area contributed by atoms with Crippen molar-refractivity contribution >= 4 is 22.8 Å². The Labute approximate surface area is 156 Å². The molecule has 3 heterocycles. The average Bonchev–Trinajstić information content (AvgIpc) is 3.18. The molecule has 0 bridgehead atoms. The minimum atomic E-state index is -0.586. The normalized spacial score (nSPS) is 15.3. The molecule has 8 heteroatoms. The first kappa shape index (κ1) is 17.4. The van der Waals surface area contributed by atoms with Gasteiger partial charge in [0.1, 0.15) is 17.7 Å². The predicted octanol–water partition coefficient (Wildman–Crippen LogP) is 2.45. The van der Waals surface area contributed by atoms with Gasteiger partial charge in [-0.1, -0.05) is 6.92 Å². The average molecular weight is 368 g/mol. The van der Waals surface area contributed by atoms with E-state index in [9.17, 15) is 9.18 Å². The van der Waals surface area contributed by atoms with E-state index < -0.39 is 11.7 Å². The molecule has 2 N–H and O–H groups in total. The van der Waals surface area contributed by atoms with Gasteiger partial charge in [-0.15, -0.1) is 0 Å². The van der Waals surface area contributed by atoms with Crippen LogP contribution in [0.4, 0.5) is 10.2 Å². The Kier molecular flexibility index (Phi) is 4.70. The molecule has 27 heavy (non-hydrogen) atoms. The van der Waals surface area contributed by atoms with E-state index in [-0.39, 0.29) is 17.1 Å². The van der Waals surface area contributed by atoms with E-state index in [0.29, 0.717) is 5.52 Å². The third-order valence-corrected chi connectivity index (χ3v) is 5.00. The number of H-pyrrole nitrogens is 1. The van der Waals surface area contributed by atoms with Crippen LogP contribution in [-0.2, 0) is 6.42 Å². The smallest absolute Gasteiger partial charge is 0.254 e. The summed E-state index contributed by atoms with van der Waals surface area (Å²) in [6.45, 7) is 3.63. The number of piperidine rings is 1. The summed E-state index contributed by atoms with van der Waals surface area (Å²) in [4.78, 5) is 30.1.